The molecular weight excluding hydrogens is 230 g/mol. The summed E-state index contributed by atoms with van der Waals surface area (Å²) >= 11 is 0. The molecule has 0 spiro atoms. The van der Waals surface area contributed by atoms with Crippen LogP contribution in [0, 0.1) is 18.8 Å². The van der Waals surface area contributed by atoms with Gasteiger partial charge in [0.05, 0.1) is 0 Å². The number of aryl methyl sites for hydroxylation is 1. The van der Waals surface area contributed by atoms with Gasteiger partial charge in [-0.1, -0.05) is 50.5 Å². The molecule has 1 aromatic carbocycles. The highest BCUT2D eigenvalue weighted by Crippen LogP contribution is 2.33. The van der Waals surface area contributed by atoms with E-state index in [1.54, 1.807) is 0 Å². The lowest BCUT2D eigenvalue weighted by Crippen LogP contribution is -2.37. The zero-order chi connectivity index (χ0) is 13.7. The third kappa shape index (κ3) is 3.82. The average molecular weight is 259 g/mol. The summed E-state index contributed by atoms with van der Waals surface area (Å²) in [7, 11) is 2.13. The first-order valence-electron chi connectivity index (χ1n) is 7.96. The summed E-state index contributed by atoms with van der Waals surface area (Å²) in [4.78, 5) is 0. The van der Waals surface area contributed by atoms with Crippen molar-refractivity contribution in [3.05, 3.63) is 35.4 Å². The Morgan fingerprint density at radius 2 is 1.84 bits per heavy atom. The molecule has 0 amide bonds. The fourth-order valence-electron chi connectivity index (χ4n) is 3.58. The van der Waals surface area contributed by atoms with Gasteiger partial charge in [-0.05, 0) is 56.2 Å². The van der Waals surface area contributed by atoms with E-state index in [4.69, 9.17) is 0 Å². The Labute approximate surface area is 118 Å². The molecule has 0 bridgehead atoms. The van der Waals surface area contributed by atoms with Crippen LogP contribution in [-0.4, -0.2) is 13.1 Å². The van der Waals surface area contributed by atoms with E-state index in [0.717, 1.165) is 11.8 Å². The minimum absolute atomic E-state index is 0.652. The van der Waals surface area contributed by atoms with Crippen LogP contribution in [0.3, 0.4) is 0 Å². The lowest BCUT2D eigenvalue weighted by atomic mass is 9.76. The molecule has 19 heavy (non-hydrogen) atoms. The van der Waals surface area contributed by atoms with Gasteiger partial charge in [0.15, 0.2) is 0 Å². The first kappa shape index (κ1) is 14.6. The van der Waals surface area contributed by atoms with Crippen LogP contribution >= 0.6 is 0 Å². The molecule has 2 rings (SSSR count). The molecule has 1 atom stereocenters. The zero-order valence-electron chi connectivity index (χ0n) is 12.8. The van der Waals surface area contributed by atoms with Crippen molar-refractivity contribution in [1.29, 1.82) is 0 Å². The summed E-state index contributed by atoms with van der Waals surface area (Å²) in [6.45, 7) is 4.57. The fraction of sp³-hybridized carbons (Fsp3) is 0.667. The van der Waals surface area contributed by atoms with E-state index in [1.165, 1.54) is 49.7 Å². The second kappa shape index (κ2) is 7.09. The Kier molecular flexibility index (Phi) is 5.45. The van der Waals surface area contributed by atoms with Gasteiger partial charge in [-0.25, -0.2) is 0 Å². The van der Waals surface area contributed by atoms with Gasteiger partial charge in [-0.2, -0.15) is 0 Å². The lowest BCUT2D eigenvalue weighted by Gasteiger charge is -2.34. The van der Waals surface area contributed by atoms with Gasteiger partial charge >= 0.3 is 0 Å². The summed E-state index contributed by atoms with van der Waals surface area (Å²) in [6, 6.07) is 9.48. The number of likely N-dealkylation sites (N-methyl/N-ethyl adjacent to an activating group) is 1. The van der Waals surface area contributed by atoms with Gasteiger partial charge in [0.25, 0.3) is 0 Å². The normalized spacial score (nSPS) is 25.2. The van der Waals surface area contributed by atoms with Gasteiger partial charge in [0, 0.05) is 6.04 Å². The van der Waals surface area contributed by atoms with Gasteiger partial charge in [-0.15, -0.1) is 0 Å². The van der Waals surface area contributed by atoms with Crippen LogP contribution in [0.25, 0.3) is 0 Å². The standard InChI is InChI=1S/C18H29N/c1-4-15-9-11-16(12-10-15)18(19-3)13-17-8-6-5-7-14(17)2/h5-8,15-16,18-19H,4,9-13H2,1-3H3. The molecule has 1 nitrogen and oxygen atoms in total. The SMILES string of the molecule is CCC1CCC(C(Cc2ccccc2C)NC)CC1. The topological polar surface area (TPSA) is 12.0 Å². The predicted molar refractivity (Wildman–Crippen MR) is 83.5 cm³/mol. The predicted octanol–water partition coefficient (Wildman–Crippen LogP) is 4.34. The smallest absolute Gasteiger partial charge is 0.0133 e. The van der Waals surface area contributed by atoms with Gasteiger partial charge in [0.1, 0.15) is 0 Å². The summed E-state index contributed by atoms with van der Waals surface area (Å²) in [6.07, 6.45) is 8.26. The number of hydrogen-bond donors (Lipinski definition) is 1. The maximum absolute atomic E-state index is 3.58. The lowest BCUT2D eigenvalue weighted by molar-refractivity contribution is 0.222. The van der Waals surface area contributed by atoms with Crippen molar-refractivity contribution < 1.29 is 0 Å². The van der Waals surface area contributed by atoms with Crippen molar-refractivity contribution >= 4 is 0 Å². The number of hydrogen-bond acceptors (Lipinski definition) is 1. The molecule has 1 heteroatoms. The van der Waals surface area contributed by atoms with Crippen LogP contribution in [0.1, 0.15) is 50.2 Å². The van der Waals surface area contributed by atoms with Gasteiger partial charge in [-0.3, -0.25) is 0 Å². The van der Waals surface area contributed by atoms with Crippen LogP contribution in [0.5, 0.6) is 0 Å². The van der Waals surface area contributed by atoms with E-state index < -0.39 is 0 Å². The first-order valence-corrected chi connectivity index (χ1v) is 7.96. The highest BCUT2D eigenvalue weighted by Gasteiger charge is 2.26. The van der Waals surface area contributed by atoms with Crippen molar-refractivity contribution in [1.82, 2.24) is 5.32 Å². The molecule has 0 radical (unpaired) electrons. The molecule has 1 unspecified atom stereocenters. The van der Waals surface area contributed by atoms with Gasteiger partial charge < -0.3 is 5.32 Å². The highest BCUT2D eigenvalue weighted by molar-refractivity contribution is 5.26. The van der Waals surface area contributed by atoms with Crippen molar-refractivity contribution in [2.45, 2.75) is 58.4 Å². The summed E-state index contributed by atoms with van der Waals surface area (Å²) < 4.78 is 0. The fourth-order valence-corrected chi connectivity index (χ4v) is 3.58. The molecule has 106 valence electrons. The van der Waals surface area contributed by atoms with Crippen LogP contribution < -0.4 is 5.32 Å². The summed E-state index contributed by atoms with van der Waals surface area (Å²) in [5.41, 5.74) is 2.95. The third-order valence-corrected chi connectivity index (χ3v) is 5.11. The van der Waals surface area contributed by atoms with Crippen molar-refractivity contribution in [2.24, 2.45) is 11.8 Å². The monoisotopic (exact) mass is 259 g/mol. The molecular formula is C18H29N. The molecule has 1 N–H and O–H groups in total. The molecule has 1 aliphatic carbocycles. The molecule has 0 aliphatic heterocycles. The van der Waals surface area contributed by atoms with Crippen molar-refractivity contribution in [3.8, 4) is 0 Å². The second-order valence-corrected chi connectivity index (χ2v) is 6.21. The Morgan fingerprint density at radius 1 is 1.16 bits per heavy atom. The molecule has 0 heterocycles. The van der Waals surface area contributed by atoms with E-state index in [-0.39, 0.29) is 0 Å². The number of benzene rings is 1. The molecule has 1 aliphatic rings. The highest BCUT2D eigenvalue weighted by atomic mass is 14.9. The quantitative estimate of drug-likeness (QED) is 0.829. The Balaban J connectivity index is 1.95. The summed E-state index contributed by atoms with van der Waals surface area (Å²) in [5.74, 6) is 1.86. The minimum atomic E-state index is 0.652. The van der Waals surface area contributed by atoms with E-state index in [1.807, 2.05) is 0 Å². The van der Waals surface area contributed by atoms with Crippen LogP contribution in [0.4, 0.5) is 0 Å². The number of nitrogens with one attached hydrogen (secondary N) is 1. The zero-order valence-corrected chi connectivity index (χ0v) is 12.8. The average Bonchev–Trinajstić information content (AvgIpc) is 2.47. The Hall–Kier alpha value is -0.820. The molecule has 1 aromatic rings. The molecule has 1 saturated carbocycles. The third-order valence-electron chi connectivity index (χ3n) is 5.11. The van der Waals surface area contributed by atoms with Crippen molar-refractivity contribution in [2.75, 3.05) is 7.05 Å². The Morgan fingerprint density at radius 3 is 2.42 bits per heavy atom. The largest absolute Gasteiger partial charge is 0.316 e. The molecule has 0 aromatic heterocycles. The molecule has 0 saturated heterocycles. The maximum Gasteiger partial charge on any atom is 0.0133 e. The maximum atomic E-state index is 3.58. The molecule has 1 fully saturated rings. The van der Waals surface area contributed by atoms with Crippen molar-refractivity contribution in [3.63, 3.8) is 0 Å². The first-order chi connectivity index (χ1) is 9.24. The van der Waals surface area contributed by atoms with E-state index in [0.29, 0.717) is 6.04 Å². The minimum Gasteiger partial charge on any atom is -0.316 e. The number of rotatable bonds is 5. The van der Waals surface area contributed by atoms with Crippen LogP contribution in [0.2, 0.25) is 0 Å². The van der Waals surface area contributed by atoms with Crippen LogP contribution in [0.15, 0.2) is 24.3 Å². The Bertz CT molecular complexity index is 377. The van der Waals surface area contributed by atoms with E-state index in [9.17, 15) is 0 Å². The van der Waals surface area contributed by atoms with Gasteiger partial charge in [0.2, 0.25) is 0 Å². The second-order valence-electron chi connectivity index (χ2n) is 6.21. The van der Waals surface area contributed by atoms with Crippen LogP contribution in [-0.2, 0) is 6.42 Å². The summed E-state index contributed by atoms with van der Waals surface area (Å²) in [5, 5.41) is 3.58. The van der Waals surface area contributed by atoms with E-state index >= 15 is 0 Å². The van der Waals surface area contributed by atoms with E-state index in [2.05, 4.69) is 50.5 Å².